The van der Waals surface area contributed by atoms with Gasteiger partial charge in [0.25, 0.3) is 0 Å². The Morgan fingerprint density at radius 2 is 2.19 bits per heavy atom. The lowest BCUT2D eigenvalue weighted by Crippen LogP contribution is -2.29. The maximum absolute atomic E-state index is 5.96. The fraction of sp³-hybridized carbons (Fsp3) is 0.636. The topological polar surface area (TPSA) is 35.0 Å². The number of rotatable bonds is 6. The fourth-order valence-electron chi connectivity index (χ4n) is 1.39. The molecule has 1 rings (SSSR count). The van der Waals surface area contributed by atoms with Crippen molar-refractivity contribution >= 4 is 19.9 Å². The highest BCUT2D eigenvalue weighted by molar-refractivity contribution is 6.71. The molecule has 1 aromatic rings. The molecule has 0 unspecified atom stereocenters. The molecule has 0 fully saturated rings. The molecule has 0 aliphatic heterocycles. The molecule has 0 aromatic carbocycles. The Morgan fingerprint density at radius 3 is 2.81 bits per heavy atom. The Kier molecular flexibility index (Phi) is 5.38. The number of unbranched alkanes of at least 4 members (excludes halogenated alkanes) is 1. The Hall–Kier alpha value is -0.453. The van der Waals surface area contributed by atoms with Gasteiger partial charge in [-0.2, -0.15) is 0 Å². The zero-order chi connectivity index (χ0) is 12.0. The molecule has 0 N–H and O–H groups in total. The van der Waals surface area contributed by atoms with E-state index in [9.17, 15) is 0 Å². The molecule has 3 nitrogen and oxygen atoms in total. The van der Waals surface area contributed by atoms with Crippen LogP contribution >= 0.6 is 11.6 Å². The lowest BCUT2D eigenvalue weighted by atomic mass is 10.4. The van der Waals surface area contributed by atoms with Gasteiger partial charge >= 0.3 is 0 Å². The zero-order valence-corrected chi connectivity index (χ0v) is 11.9. The summed E-state index contributed by atoms with van der Waals surface area (Å²) >= 11 is 5.71. The Bertz CT molecular complexity index is 334. The van der Waals surface area contributed by atoms with Gasteiger partial charge in [0.1, 0.15) is 0 Å². The van der Waals surface area contributed by atoms with Crippen molar-refractivity contribution in [3.63, 3.8) is 0 Å². The summed E-state index contributed by atoms with van der Waals surface area (Å²) in [5, 5.41) is 0.286. The molecular formula is C11H19ClN2OSi. The first-order valence-corrected chi connectivity index (χ1v) is 9.14. The maximum atomic E-state index is 5.96. The minimum atomic E-state index is -1.53. The smallest absolute Gasteiger partial charge is 0.222 e. The van der Waals surface area contributed by atoms with Crippen molar-refractivity contribution in [2.75, 3.05) is 0 Å². The predicted octanol–water partition coefficient (Wildman–Crippen LogP) is 3.65. The number of hydrogen-bond acceptors (Lipinski definition) is 3. The molecule has 90 valence electrons. The fourth-order valence-corrected chi connectivity index (χ4v) is 3.45. The van der Waals surface area contributed by atoms with Gasteiger partial charge in [-0.15, -0.1) is 0 Å². The normalized spacial score (nSPS) is 11.8. The van der Waals surface area contributed by atoms with Gasteiger partial charge in [-0.1, -0.05) is 19.8 Å². The lowest BCUT2D eigenvalue weighted by molar-refractivity contribution is 0.289. The Morgan fingerprint density at radius 1 is 1.44 bits per heavy atom. The number of nitrogens with zero attached hydrogens (tertiary/aromatic N) is 2. The lowest BCUT2D eigenvalue weighted by Gasteiger charge is -2.22. The first-order chi connectivity index (χ1) is 7.53. The van der Waals surface area contributed by atoms with E-state index < -0.39 is 8.32 Å². The van der Waals surface area contributed by atoms with Crippen LogP contribution in [0.2, 0.25) is 24.4 Å². The highest BCUT2D eigenvalue weighted by atomic mass is 35.5. The standard InChI is InChI=1S/C11H19ClN2OSi/c1-4-5-8-16(2,3)15-9-10-6-7-13-11(12)14-10/h6-7H,4-5,8-9H2,1-3H3. The van der Waals surface area contributed by atoms with E-state index in [-0.39, 0.29) is 5.28 Å². The molecule has 0 saturated heterocycles. The molecule has 0 atom stereocenters. The molecule has 0 saturated carbocycles. The SMILES string of the molecule is CCCC[Si](C)(C)OCc1ccnc(Cl)n1. The van der Waals surface area contributed by atoms with Crippen LogP contribution in [0.4, 0.5) is 0 Å². The summed E-state index contributed by atoms with van der Waals surface area (Å²) in [6.45, 7) is 7.23. The maximum Gasteiger partial charge on any atom is 0.222 e. The van der Waals surface area contributed by atoms with Crippen LogP contribution in [-0.2, 0) is 11.0 Å². The van der Waals surface area contributed by atoms with E-state index in [1.165, 1.54) is 18.9 Å². The van der Waals surface area contributed by atoms with Gasteiger partial charge in [0.05, 0.1) is 12.3 Å². The van der Waals surface area contributed by atoms with Crippen LogP contribution in [0.25, 0.3) is 0 Å². The van der Waals surface area contributed by atoms with Crippen molar-refractivity contribution in [2.24, 2.45) is 0 Å². The van der Waals surface area contributed by atoms with Gasteiger partial charge < -0.3 is 4.43 Å². The largest absolute Gasteiger partial charge is 0.411 e. The molecule has 0 spiro atoms. The van der Waals surface area contributed by atoms with E-state index in [2.05, 4.69) is 30.0 Å². The highest BCUT2D eigenvalue weighted by Crippen LogP contribution is 2.16. The third kappa shape index (κ3) is 5.05. The van der Waals surface area contributed by atoms with Crippen LogP contribution in [-0.4, -0.2) is 18.3 Å². The summed E-state index contributed by atoms with van der Waals surface area (Å²) in [5.41, 5.74) is 0.858. The van der Waals surface area contributed by atoms with E-state index >= 15 is 0 Å². The third-order valence-electron chi connectivity index (χ3n) is 2.43. The van der Waals surface area contributed by atoms with Crippen molar-refractivity contribution in [1.29, 1.82) is 0 Å². The molecule has 0 radical (unpaired) electrons. The summed E-state index contributed by atoms with van der Waals surface area (Å²) in [6.07, 6.45) is 4.12. The van der Waals surface area contributed by atoms with Crippen LogP contribution in [0, 0.1) is 0 Å². The molecule has 0 aliphatic carbocycles. The van der Waals surface area contributed by atoms with Crippen molar-refractivity contribution < 1.29 is 4.43 Å². The van der Waals surface area contributed by atoms with E-state index in [1.54, 1.807) is 6.20 Å². The molecule has 1 aromatic heterocycles. The van der Waals surface area contributed by atoms with Gasteiger partial charge in [0.2, 0.25) is 5.28 Å². The van der Waals surface area contributed by atoms with Crippen LogP contribution in [0.3, 0.4) is 0 Å². The Labute approximate surface area is 103 Å². The van der Waals surface area contributed by atoms with Crippen LogP contribution < -0.4 is 0 Å². The number of hydrogen-bond donors (Lipinski definition) is 0. The molecule has 0 bridgehead atoms. The van der Waals surface area contributed by atoms with E-state index in [4.69, 9.17) is 16.0 Å². The minimum absolute atomic E-state index is 0.286. The Balaban J connectivity index is 2.44. The van der Waals surface area contributed by atoms with Gasteiger partial charge in [-0.05, 0) is 36.8 Å². The highest BCUT2D eigenvalue weighted by Gasteiger charge is 2.21. The second kappa shape index (κ2) is 6.32. The molecule has 1 heterocycles. The van der Waals surface area contributed by atoms with E-state index in [0.717, 1.165) is 5.69 Å². The summed E-state index contributed by atoms with van der Waals surface area (Å²) in [6, 6.07) is 3.04. The average Bonchev–Trinajstić information content (AvgIpc) is 2.24. The van der Waals surface area contributed by atoms with E-state index in [0.29, 0.717) is 6.61 Å². The van der Waals surface area contributed by atoms with Crippen molar-refractivity contribution in [3.8, 4) is 0 Å². The number of aromatic nitrogens is 2. The summed E-state index contributed by atoms with van der Waals surface area (Å²) < 4.78 is 5.96. The second-order valence-electron chi connectivity index (χ2n) is 4.47. The second-order valence-corrected chi connectivity index (χ2v) is 9.12. The van der Waals surface area contributed by atoms with Gasteiger partial charge in [0.15, 0.2) is 8.32 Å². The van der Waals surface area contributed by atoms with Gasteiger partial charge in [0, 0.05) is 6.20 Å². The summed E-state index contributed by atoms with van der Waals surface area (Å²) in [4.78, 5) is 7.95. The molecule has 16 heavy (non-hydrogen) atoms. The van der Waals surface area contributed by atoms with Crippen LogP contribution in [0.1, 0.15) is 25.5 Å². The predicted molar refractivity (Wildman–Crippen MR) is 69.0 cm³/mol. The minimum Gasteiger partial charge on any atom is -0.411 e. The molecule has 5 heteroatoms. The van der Waals surface area contributed by atoms with Gasteiger partial charge in [-0.3, -0.25) is 0 Å². The van der Waals surface area contributed by atoms with Crippen molar-refractivity contribution in [2.45, 2.75) is 45.5 Å². The first-order valence-electron chi connectivity index (χ1n) is 5.65. The summed E-state index contributed by atoms with van der Waals surface area (Å²) in [7, 11) is -1.53. The van der Waals surface area contributed by atoms with Gasteiger partial charge in [-0.25, -0.2) is 9.97 Å². The summed E-state index contributed by atoms with van der Waals surface area (Å²) in [5.74, 6) is 0. The van der Waals surface area contributed by atoms with Crippen molar-refractivity contribution in [1.82, 2.24) is 9.97 Å². The van der Waals surface area contributed by atoms with Crippen molar-refractivity contribution in [3.05, 3.63) is 23.2 Å². The van der Waals surface area contributed by atoms with Crippen LogP contribution in [0.15, 0.2) is 12.3 Å². The molecule has 0 aliphatic rings. The third-order valence-corrected chi connectivity index (χ3v) is 5.09. The zero-order valence-electron chi connectivity index (χ0n) is 10.2. The monoisotopic (exact) mass is 258 g/mol. The molecule has 0 amide bonds. The average molecular weight is 259 g/mol. The quantitative estimate of drug-likeness (QED) is 0.577. The first kappa shape index (κ1) is 13.6. The van der Waals surface area contributed by atoms with E-state index in [1.807, 2.05) is 6.07 Å². The molecular weight excluding hydrogens is 240 g/mol. The number of halogens is 1. The van der Waals surface area contributed by atoms with Crippen LogP contribution in [0.5, 0.6) is 0 Å².